The molecule has 0 fully saturated rings. The quantitative estimate of drug-likeness (QED) is 0.521. The molecule has 0 unspecified atom stereocenters. The van der Waals surface area contributed by atoms with Gasteiger partial charge in [-0.1, -0.05) is 0 Å². The zero-order chi connectivity index (χ0) is 18.6. The van der Waals surface area contributed by atoms with Crippen LogP contribution in [0.15, 0.2) is 53.1 Å². The Morgan fingerprint density at radius 3 is 2.59 bits per heavy atom. The Hall–Kier alpha value is -3.49. The molecule has 0 saturated heterocycles. The molecule has 0 spiro atoms. The third-order valence-corrected chi connectivity index (χ3v) is 4.16. The van der Waals surface area contributed by atoms with Crippen LogP contribution in [0.1, 0.15) is 5.69 Å². The molecule has 9 heteroatoms. The lowest BCUT2D eigenvalue weighted by Crippen LogP contribution is -2.13. The maximum absolute atomic E-state index is 13.6. The molecule has 0 atom stereocenters. The Bertz CT molecular complexity index is 1150. The van der Waals surface area contributed by atoms with Crippen molar-refractivity contribution < 1.29 is 27.1 Å². The second-order valence-corrected chi connectivity index (χ2v) is 5.87. The van der Waals surface area contributed by atoms with Gasteiger partial charge in [0.2, 0.25) is 6.79 Å². The van der Waals surface area contributed by atoms with Gasteiger partial charge < -0.3 is 13.9 Å². The Morgan fingerprint density at radius 1 is 0.963 bits per heavy atom. The van der Waals surface area contributed by atoms with Crippen LogP contribution in [0.4, 0.5) is 13.2 Å². The van der Waals surface area contributed by atoms with Crippen LogP contribution in [-0.4, -0.2) is 21.4 Å². The first-order chi connectivity index (χ1) is 13.0. The average Bonchev–Trinajstić information content (AvgIpc) is 3.37. The highest BCUT2D eigenvalue weighted by Gasteiger charge is 2.35. The van der Waals surface area contributed by atoms with E-state index in [0.29, 0.717) is 22.8 Å². The highest BCUT2D eigenvalue weighted by atomic mass is 19.4. The van der Waals surface area contributed by atoms with Crippen LogP contribution < -0.4 is 9.47 Å². The van der Waals surface area contributed by atoms with Crippen molar-refractivity contribution in [2.75, 3.05) is 6.79 Å². The lowest BCUT2D eigenvalue weighted by molar-refractivity contribution is -0.142. The smallest absolute Gasteiger partial charge is 0.433 e. The molecule has 0 saturated carbocycles. The molecular formula is C18H10F3N3O3. The molecule has 0 aliphatic carbocycles. The normalized spacial score (nSPS) is 13.4. The van der Waals surface area contributed by atoms with Crippen LogP contribution in [0.3, 0.4) is 0 Å². The molecule has 0 bridgehead atoms. The van der Waals surface area contributed by atoms with E-state index in [1.54, 1.807) is 30.3 Å². The molecule has 1 aliphatic rings. The number of halogens is 3. The predicted molar refractivity (Wildman–Crippen MR) is 87.3 cm³/mol. The van der Waals surface area contributed by atoms with E-state index in [4.69, 9.17) is 13.9 Å². The summed E-state index contributed by atoms with van der Waals surface area (Å²) in [6, 6.07) is 10.5. The van der Waals surface area contributed by atoms with Gasteiger partial charge in [-0.2, -0.15) is 18.3 Å². The van der Waals surface area contributed by atoms with Gasteiger partial charge in [-0.15, -0.1) is 0 Å². The Balaban J connectivity index is 1.72. The van der Waals surface area contributed by atoms with Gasteiger partial charge in [-0.3, -0.25) is 0 Å². The molecule has 3 aromatic heterocycles. The first kappa shape index (κ1) is 15.7. The standard InChI is InChI=1S/C18H10F3N3O3/c19-18(20,21)16-7-11(10-3-4-14-15(6-10)27-9-26-14)22-17-8-12(23-24(16)17)13-2-1-5-25-13/h1-8H,9H2. The van der Waals surface area contributed by atoms with Crippen LogP contribution >= 0.6 is 0 Å². The van der Waals surface area contributed by atoms with Crippen LogP contribution in [0, 0.1) is 0 Å². The van der Waals surface area contributed by atoms with Gasteiger partial charge >= 0.3 is 6.18 Å². The third kappa shape index (κ3) is 2.59. The van der Waals surface area contributed by atoms with Crippen molar-refractivity contribution >= 4 is 5.65 Å². The molecule has 0 radical (unpaired) electrons. The van der Waals surface area contributed by atoms with Gasteiger partial charge in [0, 0.05) is 11.6 Å². The van der Waals surface area contributed by atoms with Gasteiger partial charge in [0.05, 0.1) is 12.0 Å². The molecule has 5 rings (SSSR count). The number of alkyl halides is 3. The van der Waals surface area contributed by atoms with Crippen molar-refractivity contribution in [2.24, 2.45) is 0 Å². The van der Waals surface area contributed by atoms with Crippen molar-refractivity contribution in [3.05, 3.63) is 54.4 Å². The number of fused-ring (bicyclic) bond motifs is 2. The summed E-state index contributed by atoms with van der Waals surface area (Å²) in [5.41, 5.74) is 0.0229. The van der Waals surface area contributed by atoms with Crippen molar-refractivity contribution in [3.8, 4) is 34.2 Å². The molecule has 4 aromatic rings. The molecule has 27 heavy (non-hydrogen) atoms. The molecule has 1 aromatic carbocycles. The number of furan rings is 1. The van der Waals surface area contributed by atoms with E-state index < -0.39 is 11.9 Å². The second-order valence-electron chi connectivity index (χ2n) is 5.87. The molecular weight excluding hydrogens is 363 g/mol. The topological polar surface area (TPSA) is 61.8 Å². The number of benzene rings is 1. The van der Waals surface area contributed by atoms with E-state index in [1.807, 2.05) is 0 Å². The minimum absolute atomic E-state index is 0.0592. The summed E-state index contributed by atoms with van der Waals surface area (Å²) in [6.45, 7) is 0.0776. The third-order valence-electron chi connectivity index (χ3n) is 4.16. The fourth-order valence-corrected chi connectivity index (χ4v) is 2.92. The molecule has 4 heterocycles. The van der Waals surface area contributed by atoms with E-state index in [0.717, 1.165) is 10.6 Å². The summed E-state index contributed by atoms with van der Waals surface area (Å²) in [5, 5.41) is 4.01. The van der Waals surface area contributed by atoms with Gasteiger partial charge in [0.25, 0.3) is 0 Å². The maximum Gasteiger partial charge on any atom is 0.433 e. The van der Waals surface area contributed by atoms with Crippen LogP contribution in [-0.2, 0) is 6.18 Å². The fourth-order valence-electron chi connectivity index (χ4n) is 2.92. The first-order valence-corrected chi connectivity index (χ1v) is 7.91. The number of nitrogens with zero attached hydrogens (tertiary/aromatic N) is 3. The van der Waals surface area contributed by atoms with Crippen LogP contribution in [0.2, 0.25) is 0 Å². The summed E-state index contributed by atoms with van der Waals surface area (Å²) in [4.78, 5) is 4.34. The van der Waals surface area contributed by atoms with Crippen molar-refractivity contribution in [2.45, 2.75) is 6.18 Å². The molecule has 0 amide bonds. The van der Waals surface area contributed by atoms with E-state index in [1.165, 1.54) is 12.3 Å². The Morgan fingerprint density at radius 2 is 1.81 bits per heavy atom. The van der Waals surface area contributed by atoms with Gasteiger partial charge in [0.1, 0.15) is 5.69 Å². The summed E-state index contributed by atoms with van der Waals surface area (Å²) >= 11 is 0. The number of hydrogen-bond acceptors (Lipinski definition) is 5. The van der Waals surface area contributed by atoms with Gasteiger partial charge in [0.15, 0.2) is 28.6 Å². The van der Waals surface area contributed by atoms with Crippen molar-refractivity contribution in [1.29, 1.82) is 0 Å². The number of ether oxygens (including phenoxy) is 2. The first-order valence-electron chi connectivity index (χ1n) is 7.91. The summed E-state index contributed by atoms with van der Waals surface area (Å²) in [6.07, 6.45) is -3.19. The highest BCUT2D eigenvalue weighted by molar-refractivity contribution is 5.68. The fraction of sp³-hybridized carbons (Fsp3) is 0.111. The molecule has 1 aliphatic heterocycles. The number of aromatic nitrogens is 3. The second kappa shape index (κ2) is 5.50. The summed E-state index contributed by atoms with van der Waals surface area (Å²) in [5.74, 6) is 1.37. The monoisotopic (exact) mass is 373 g/mol. The Labute approximate surface area is 149 Å². The molecule has 136 valence electrons. The van der Waals surface area contributed by atoms with Crippen molar-refractivity contribution in [1.82, 2.24) is 14.6 Å². The molecule has 0 N–H and O–H groups in total. The van der Waals surface area contributed by atoms with E-state index in [9.17, 15) is 13.2 Å². The number of rotatable bonds is 2. The minimum atomic E-state index is -4.61. The lowest BCUT2D eigenvalue weighted by Gasteiger charge is -2.11. The minimum Gasteiger partial charge on any atom is -0.463 e. The SMILES string of the molecule is FC(F)(F)c1cc(-c2ccc3c(c2)OCO3)nc2cc(-c3ccco3)nn12. The largest absolute Gasteiger partial charge is 0.463 e. The number of hydrogen-bond donors (Lipinski definition) is 0. The van der Waals surface area contributed by atoms with E-state index in [-0.39, 0.29) is 23.8 Å². The zero-order valence-electron chi connectivity index (χ0n) is 13.5. The van der Waals surface area contributed by atoms with E-state index in [2.05, 4.69) is 10.1 Å². The highest BCUT2D eigenvalue weighted by Crippen LogP contribution is 2.37. The Kier molecular flexibility index (Phi) is 3.21. The predicted octanol–water partition coefficient (Wildman–Crippen LogP) is 4.40. The molecule has 6 nitrogen and oxygen atoms in total. The summed E-state index contributed by atoms with van der Waals surface area (Å²) in [7, 11) is 0. The zero-order valence-corrected chi connectivity index (χ0v) is 13.5. The van der Waals surface area contributed by atoms with Crippen LogP contribution in [0.5, 0.6) is 11.5 Å². The average molecular weight is 373 g/mol. The summed E-state index contributed by atoms with van der Waals surface area (Å²) < 4.78 is 57.4. The van der Waals surface area contributed by atoms with Crippen LogP contribution in [0.25, 0.3) is 28.4 Å². The lowest BCUT2D eigenvalue weighted by atomic mass is 10.1. The van der Waals surface area contributed by atoms with Gasteiger partial charge in [-0.25, -0.2) is 9.50 Å². The maximum atomic E-state index is 13.6. The van der Waals surface area contributed by atoms with Gasteiger partial charge in [-0.05, 0) is 36.4 Å². The van der Waals surface area contributed by atoms with E-state index >= 15 is 0 Å². The van der Waals surface area contributed by atoms with Crippen molar-refractivity contribution in [3.63, 3.8) is 0 Å².